The highest BCUT2D eigenvalue weighted by atomic mass is 19.4. The largest absolute Gasteiger partial charge is 0.406 e. The normalized spacial score (nSPS) is 16.6. The van der Waals surface area contributed by atoms with Crippen LogP contribution in [0.3, 0.4) is 0 Å². The van der Waals surface area contributed by atoms with E-state index in [9.17, 15) is 18.0 Å². The van der Waals surface area contributed by atoms with Crippen molar-refractivity contribution in [3.63, 3.8) is 0 Å². The Hall–Kier alpha value is -1.55. The fourth-order valence-electron chi connectivity index (χ4n) is 2.30. The zero-order chi connectivity index (χ0) is 18.7. The van der Waals surface area contributed by atoms with Crippen molar-refractivity contribution in [3.8, 4) is 0 Å². The SMILES string of the molecule is CCNC(=NCC(=O)N(C)CC(F)(F)F)NCCCN1CCOCC1. The first-order valence-corrected chi connectivity index (χ1v) is 8.45. The first-order chi connectivity index (χ1) is 11.8. The molecule has 0 spiro atoms. The van der Waals surface area contributed by atoms with Crippen LogP contribution in [0, 0.1) is 0 Å². The molecule has 0 aromatic carbocycles. The summed E-state index contributed by atoms with van der Waals surface area (Å²) in [6.45, 7) is 5.83. The minimum absolute atomic E-state index is 0.328. The Bertz CT molecular complexity index is 426. The molecule has 10 heteroatoms. The van der Waals surface area contributed by atoms with Crippen LogP contribution in [0.15, 0.2) is 4.99 Å². The monoisotopic (exact) mass is 367 g/mol. The van der Waals surface area contributed by atoms with E-state index in [4.69, 9.17) is 4.74 Å². The average Bonchev–Trinajstić information content (AvgIpc) is 2.55. The van der Waals surface area contributed by atoms with Gasteiger partial charge < -0.3 is 20.3 Å². The number of likely N-dealkylation sites (N-methyl/N-ethyl adjacent to an activating group) is 1. The summed E-state index contributed by atoms with van der Waals surface area (Å²) in [5.41, 5.74) is 0. The number of rotatable bonds is 8. The third kappa shape index (κ3) is 10.1. The third-order valence-corrected chi connectivity index (χ3v) is 3.61. The molecule has 0 aliphatic carbocycles. The number of nitrogens with zero attached hydrogens (tertiary/aromatic N) is 3. The number of ether oxygens (including phenoxy) is 1. The molecule has 0 aromatic heterocycles. The van der Waals surface area contributed by atoms with Crippen LogP contribution in [-0.4, -0.2) is 93.9 Å². The van der Waals surface area contributed by atoms with E-state index >= 15 is 0 Å². The van der Waals surface area contributed by atoms with Crippen molar-refractivity contribution in [2.24, 2.45) is 4.99 Å². The number of guanidine groups is 1. The van der Waals surface area contributed by atoms with Crippen LogP contribution in [0.25, 0.3) is 0 Å². The number of alkyl halides is 3. The lowest BCUT2D eigenvalue weighted by Crippen LogP contribution is -2.42. The molecule has 0 bridgehead atoms. The standard InChI is InChI=1S/C15H28F3N5O2/c1-3-19-14(20-5-4-6-23-7-9-25-10-8-23)21-11-13(24)22(2)12-15(16,17)18/h3-12H2,1-2H3,(H2,19,20,21). The molecule has 0 saturated carbocycles. The van der Waals surface area contributed by atoms with Crippen molar-refractivity contribution in [2.45, 2.75) is 19.5 Å². The highest BCUT2D eigenvalue weighted by Gasteiger charge is 2.31. The first-order valence-electron chi connectivity index (χ1n) is 8.45. The molecule has 0 unspecified atom stereocenters. The Labute approximate surface area is 146 Å². The maximum atomic E-state index is 12.3. The molecule has 1 saturated heterocycles. The number of aliphatic imine (C=N–C) groups is 1. The van der Waals surface area contributed by atoms with E-state index in [1.165, 1.54) is 0 Å². The van der Waals surface area contributed by atoms with Gasteiger partial charge in [0.15, 0.2) is 5.96 Å². The van der Waals surface area contributed by atoms with E-state index in [2.05, 4.69) is 20.5 Å². The maximum absolute atomic E-state index is 12.3. The highest BCUT2D eigenvalue weighted by Crippen LogP contribution is 2.15. The fraction of sp³-hybridized carbons (Fsp3) is 0.867. The van der Waals surface area contributed by atoms with Crippen molar-refractivity contribution in [2.75, 3.05) is 66.1 Å². The summed E-state index contributed by atoms with van der Waals surface area (Å²) in [5.74, 6) is -0.249. The van der Waals surface area contributed by atoms with Gasteiger partial charge in [0.1, 0.15) is 13.1 Å². The molecule has 1 rings (SSSR count). The molecule has 2 N–H and O–H groups in total. The highest BCUT2D eigenvalue weighted by molar-refractivity contribution is 5.84. The van der Waals surface area contributed by atoms with Gasteiger partial charge in [-0.1, -0.05) is 0 Å². The van der Waals surface area contributed by atoms with Gasteiger partial charge in [0.05, 0.1) is 13.2 Å². The summed E-state index contributed by atoms with van der Waals surface area (Å²) in [5, 5.41) is 6.07. The molecule has 1 aliphatic rings. The zero-order valence-electron chi connectivity index (χ0n) is 14.9. The molecule has 146 valence electrons. The summed E-state index contributed by atoms with van der Waals surface area (Å²) >= 11 is 0. The smallest absolute Gasteiger partial charge is 0.379 e. The van der Waals surface area contributed by atoms with E-state index < -0.39 is 18.6 Å². The molecule has 0 atom stereocenters. The van der Waals surface area contributed by atoms with E-state index in [1.807, 2.05) is 6.92 Å². The summed E-state index contributed by atoms with van der Waals surface area (Å²) in [4.78, 5) is 18.7. The Morgan fingerprint density at radius 2 is 1.96 bits per heavy atom. The second-order valence-electron chi connectivity index (χ2n) is 5.79. The Morgan fingerprint density at radius 3 is 2.56 bits per heavy atom. The summed E-state index contributed by atoms with van der Waals surface area (Å²) < 4.78 is 42.1. The van der Waals surface area contributed by atoms with E-state index in [1.54, 1.807) is 0 Å². The van der Waals surface area contributed by atoms with Crippen LogP contribution >= 0.6 is 0 Å². The number of amides is 1. The second kappa shape index (κ2) is 11.1. The molecule has 0 radical (unpaired) electrons. The predicted octanol–water partition coefficient (Wildman–Crippen LogP) is 0.285. The number of halogens is 3. The Kier molecular flexibility index (Phi) is 9.58. The van der Waals surface area contributed by atoms with Gasteiger partial charge in [-0.2, -0.15) is 13.2 Å². The number of carbonyl (C=O) groups excluding carboxylic acids is 1. The lowest BCUT2D eigenvalue weighted by molar-refractivity contribution is -0.157. The van der Waals surface area contributed by atoms with Crippen molar-refractivity contribution in [1.29, 1.82) is 0 Å². The average molecular weight is 367 g/mol. The summed E-state index contributed by atoms with van der Waals surface area (Å²) in [6, 6.07) is 0. The topological polar surface area (TPSA) is 69.2 Å². The zero-order valence-corrected chi connectivity index (χ0v) is 14.9. The van der Waals surface area contributed by atoms with Crippen LogP contribution in [-0.2, 0) is 9.53 Å². The third-order valence-electron chi connectivity index (χ3n) is 3.61. The fourth-order valence-corrected chi connectivity index (χ4v) is 2.30. The minimum Gasteiger partial charge on any atom is -0.379 e. The molecule has 1 heterocycles. The number of carbonyl (C=O) groups is 1. The number of hydrogen-bond donors (Lipinski definition) is 2. The number of morpholine rings is 1. The van der Waals surface area contributed by atoms with Gasteiger partial charge >= 0.3 is 6.18 Å². The molecule has 1 aliphatic heterocycles. The number of hydrogen-bond acceptors (Lipinski definition) is 4. The van der Waals surface area contributed by atoms with E-state index in [-0.39, 0.29) is 6.54 Å². The van der Waals surface area contributed by atoms with Gasteiger partial charge in [-0.25, -0.2) is 4.99 Å². The Balaban J connectivity index is 2.33. The van der Waals surface area contributed by atoms with Crippen LogP contribution < -0.4 is 10.6 Å². The van der Waals surface area contributed by atoms with E-state index in [0.29, 0.717) is 23.9 Å². The van der Waals surface area contributed by atoms with Gasteiger partial charge in [0.25, 0.3) is 0 Å². The van der Waals surface area contributed by atoms with Crippen LogP contribution in [0.2, 0.25) is 0 Å². The maximum Gasteiger partial charge on any atom is 0.406 e. The van der Waals surface area contributed by atoms with Gasteiger partial charge in [-0.3, -0.25) is 9.69 Å². The molecular formula is C15H28F3N5O2. The van der Waals surface area contributed by atoms with Crippen LogP contribution in [0.4, 0.5) is 13.2 Å². The van der Waals surface area contributed by atoms with Crippen LogP contribution in [0.1, 0.15) is 13.3 Å². The lowest BCUT2D eigenvalue weighted by atomic mass is 10.3. The molecule has 0 aromatic rings. The minimum atomic E-state index is -4.41. The summed E-state index contributed by atoms with van der Waals surface area (Å²) in [6.07, 6.45) is -3.51. The summed E-state index contributed by atoms with van der Waals surface area (Å²) in [7, 11) is 1.12. The second-order valence-corrected chi connectivity index (χ2v) is 5.79. The Morgan fingerprint density at radius 1 is 1.28 bits per heavy atom. The van der Waals surface area contributed by atoms with E-state index in [0.717, 1.165) is 46.3 Å². The number of nitrogens with one attached hydrogen (secondary N) is 2. The molecule has 25 heavy (non-hydrogen) atoms. The molecular weight excluding hydrogens is 339 g/mol. The lowest BCUT2D eigenvalue weighted by Gasteiger charge is -2.26. The van der Waals surface area contributed by atoms with Crippen molar-refractivity contribution >= 4 is 11.9 Å². The molecule has 7 nitrogen and oxygen atoms in total. The van der Waals surface area contributed by atoms with Gasteiger partial charge in [0, 0.05) is 33.2 Å². The van der Waals surface area contributed by atoms with Crippen molar-refractivity contribution in [1.82, 2.24) is 20.4 Å². The van der Waals surface area contributed by atoms with Gasteiger partial charge in [-0.15, -0.1) is 0 Å². The van der Waals surface area contributed by atoms with Crippen molar-refractivity contribution in [3.05, 3.63) is 0 Å². The molecule has 1 fully saturated rings. The van der Waals surface area contributed by atoms with Crippen molar-refractivity contribution < 1.29 is 22.7 Å². The predicted molar refractivity (Wildman–Crippen MR) is 89.5 cm³/mol. The van der Waals surface area contributed by atoms with Gasteiger partial charge in [0.2, 0.25) is 5.91 Å². The quantitative estimate of drug-likeness (QED) is 0.367. The van der Waals surface area contributed by atoms with Gasteiger partial charge in [-0.05, 0) is 19.9 Å². The molecule has 1 amide bonds. The first kappa shape index (κ1) is 21.5. The van der Waals surface area contributed by atoms with Crippen LogP contribution in [0.5, 0.6) is 0 Å².